The molecule has 0 radical (unpaired) electrons. The summed E-state index contributed by atoms with van der Waals surface area (Å²) in [5.41, 5.74) is 2.18. The summed E-state index contributed by atoms with van der Waals surface area (Å²) in [4.78, 5) is 2.44. The van der Waals surface area contributed by atoms with Gasteiger partial charge in [0.1, 0.15) is 0 Å². The van der Waals surface area contributed by atoms with E-state index in [2.05, 4.69) is 44.3 Å². The van der Waals surface area contributed by atoms with Crippen molar-refractivity contribution in [2.24, 2.45) is 0 Å². The van der Waals surface area contributed by atoms with Crippen LogP contribution in [0.15, 0.2) is 22.7 Å². The number of hydrogen-bond donors (Lipinski definition) is 2. The number of halogens is 1. The van der Waals surface area contributed by atoms with E-state index in [1.807, 2.05) is 6.92 Å². The lowest BCUT2D eigenvalue weighted by molar-refractivity contribution is 0.0481. The first-order chi connectivity index (χ1) is 10.0. The van der Waals surface area contributed by atoms with Gasteiger partial charge in [-0.1, -0.05) is 15.9 Å². The molecule has 21 heavy (non-hydrogen) atoms. The van der Waals surface area contributed by atoms with Crippen molar-refractivity contribution in [1.29, 1.82) is 0 Å². The molecule has 2 aliphatic rings. The second-order valence-electron chi connectivity index (χ2n) is 6.77. The van der Waals surface area contributed by atoms with Gasteiger partial charge in [0, 0.05) is 35.8 Å². The summed E-state index contributed by atoms with van der Waals surface area (Å²) in [5, 5.41) is 13.9. The van der Waals surface area contributed by atoms with Crippen molar-refractivity contribution in [3.63, 3.8) is 0 Å². The Morgan fingerprint density at radius 1 is 1.33 bits per heavy atom. The second-order valence-corrected chi connectivity index (χ2v) is 7.68. The molecule has 116 valence electrons. The first kappa shape index (κ1) is 15.3. The lowest BCUT2D eigenvalue weighted by atomic mass is 9.98. The van der Waals surface area contributed by atoms with Crippen LogP contribution < -0.4 is 10.2 Å². The Morgan fingerprint density at radius 2 is 2.14 bits per heavy atom. The van der Waals surface area contributed by atoms with Gasteiger partial charge in [0.2, 0.25) is 0 Å². The molecule has 1 aromatic rings. The van der Waals surface area contributed by atoms with Crippen LogP contribution in [0.2, 0.25) is 0 Å². The molecule has 1 heterocycles. The molecule has 0 spiro atoms. The van der Waals surface area contributed by atoms with Gasteiger partial charge in [-0.05, 0) is 62.8 Å². The van der Waals surface area contributed by atoms with Crippen LogP contribution in [0, 0.1) is 0 Å². The molecule has 3 nitrogen and oxygen atoms in total. The van der Waals surface area contributed by atoms with Crippen LogP contribution in [-0.2, 0) is 6.54 Å². The molecule has 1 aliphatic heterocycles. The Morgan fingerprint density at radius 3 is 2.90 bits per heavy atom. The zero-order valence-corrected chi connectivity index (χ0v) is 14.3. The fourth-order valence-corrected chi connectivity index (χ4v) is 3.46. The predicted molar refractivity (Wildman–Crippen MR) is 90.7 cm³/mol. The van der Waals surface area contributed by atoms with E-state index >= 15 is 0 Å². The Kier molecular flexibility index (Phi) is 4.57. The molecule has 2 N–H and O–H groups in total. The quantitative estimate of drug-likeness (QED) is 0.871. The van der Waals surface area contributed by atoms with Crippen molar-refractivity contribution in [3.8, 4) is 0 Å². The molecule has 3 rings (SSSR count). The van der Waals surface area contributed by atoms with Gasteiger partial charge in [-0.2, -0.15) is 0 Å². The summed E-state index contributed by atoms with van der Waals surface area (Å²) in [6.45, 7) is 4.87. The Bertz CT molecular complexity index is 500. The summed E-state index contributed by atoms with van der Waals surface area (Å²) >= 11 is 3.59. The van der Waals surface area contributed by atoms with Gasteiger partial charge in [-0.15, -0.1) is 0 Å². The molecule has 1 atom stereocenters. The van der Waals surface area contributed by atoms with E-state index < -0.39 is 5.60 Å². The maximum atomic E-state index is 10.3. The van der Waals surface area contributed by atoms with E-state index in [1.165, 1.54) is 24.1 Å². The van der Waals surface area contributed by atoms with Gasteiger partial charge in [0.05, 0.1) is 5.60 Å². The van der Waals surface area contributed by atoms with Crippen molar-refractivity contribution >= 4 is 21.6 Å². The molecule has 1 saturated heterocycles. The number of nitrogens with zero attached hydrogens (tertiary/aromatic N) is 1. The molecule has 1 aromatic carbocycles. The third-order valence-corrected chi connectivity index (χ3v) is 5.10. The second kappa shape index (κ2) is 6.27. The predicted octanol–water partition coefficient (Wildman–Crippen LogP) is 3.44. The fourth-order valence-electron chi connectivity index (χ4n) is 3.05. The zero-order chi connectivity index (χ0) is 14.9. The highest BCUT2D eigenvalue weighted by atomic mass is 79.9. The molecule has 1 aliphatic carbocycles. The van der Waals surface area contributed by atoms with Crippen LogP contribution in [-0.4, -0.2) is 29.8 Å². The Labute approximate surface area is 135 Å². The summed E-state index contributed by atoms with van der Waals surface area (Å²) in [6, 6.07) is 7.29. The summed E-state index contributed by atoms with van der Waals surface area (Å²) < 4.78 is 1.14. The van der Waals surface area contributed by atoms with Gasteiger partial charge in [-0.25, -0.2) is 0 Å². The van der Waals surface area contributed by atoms with E-state index in [4.69, 9.17) is 0 Å². The highest BCUT2D eigenvalue weighted by Crippen LogP contribution is 2.30. The van der Waals surface area contributed by atoms with Crippen molar-refractivity contribution < 1.29 is 5.11 Å². The molecule has 0 amide bonds. The Hall–Kier alpha value is -0.580. The first-order valence-electron chi connectivity index (χ1n) is 8.03. The van der Waals surface area contributed by atoms with E-state index in [1.54, 1.807) is 0 Å². The molecule has 1 saturated carbocycles. The molecular formula is C17H25BrN2O. The summed E-state index contributed by atoms with van der Waals surface area (Å²) in [7, 11) is 0. The SMILES string of the molecule is CC1(O)CCCN(c2ccc(Br)cc2CNC2CC2)CC1. The van der Waals surface area contributed by atoms with Crippen molar-refractivity contribution in [2.75, 3.05) is 18.0 Å². The fraction of sp³-hybridized carbons (Fsp3) is 0.647. The molecule has 2 fully saturated rings. The monoisotopic (exact) mass is 352 g/mol. The molecule has 0 aromatic heterocycles. The van der Waals surface area contributed by atoms with E-state index in [0.717, 1.165) is 49.4 Å². The van der Waals surface area contributed by atoms with Crippen LogP contribution in [0.1, 0.15) is 44.6 Å². The maximum absolute atomic E-state index is 10.3. The van der Waals surface area contributed by atoms with Gasteiger partial charge >= 0.3 is 0 Å². The number of nitrogens with one attached hydrogen (secondary N) is 1. The number of hydrogen-bond acceptors (Lipinski definition) is 3. The maximum Gasteiger partial charge on any atom is 0.0637 e. The van der Waals surface area contributed by atoms with Crippen LogP contribution in [0.4, 0.5) is 5.69 Å². The van der Waals surface area contributed by atoms with Gasteiger partial charge < -0.3 is 15.3 Å². The highest BCUT2D eigenvalue weighted by molar-refractivity contribution is 9.10. The molecule has 0 bridgehead atoms. The number of rotatable bonds is 4. The number of anilines is 1. The van der Waals surface area contributed by atoms with Crippen molar-refractivity contribution in [2.45, 2.75) is 57.2 Å². The van der Waals surface area contributed by atoms with Crippen LogP contribution in [0.25, 0.3) is 0 Å². The third kappa shape index (κ3) is 4.21. The molecular weight excluding hydrogens is 328 g/mol. The van der Waals surface area contributed by atoms with Gasteiger partial charge in [-0.3, -0.25) is 0 Å². The number of aliphatic hydroxyl groups is 1. The van der Waals surface area contributed by atoms with Crippen LogP contribution in [0.3, 0.4) is 0 Å². The van der Waals surface area contributed by atoms with Crippen molar-refractivity contribution in [1.82, 2.24) is 5.32 Å². The average molecular weight is 353 g/mol. The minimum Gasteiger partial charge on any atom is -0.390 e. The standard InChI is InChI=1S/C17H25BrN2O/c1-17(21)7-2-9-20(10-8-17)16-6-3-14(18)11-13(16)12-19-15-4-5-15/h3,6,11,15,19,21H,2,4-5,7-10,12H2,1H3. The van der Waals surface area contributed by atoms with E-state index in [-0.39, 0.29) is 0 Å². The lowest BCUT2D eigenvalue weighted by Crippen LogP contribution is -2.29. The minimum atomic E-state index is -0.503. The summed E-state index contributed by atoms with van der Waals surface area (Å²) in [6.07, 6.45) is 5.43. The van der Waals surface area contributed by atoms with Crippen LogP contribution >= 0.6 is 15.9 Å². The van der Waals surface area contributed by atoms with Crippen molar-refractivity contribution in [3.05, 3.63) is 28.2 Å². The number of benzene rings is 1. The Balaban J connectivity index is 1.76. The minimum absolute atomic E-state index is 0.503. The normalized spacial score (nSPS) is 26.7. The average Bonchev–Trinajstić information content (AvgIpc) is 3.25. The smallest absolute Gasteiger partial charge is 0.0637 e. The van der Waals surface area contributed by atoms with E-state index in [9.17, 15) is 5.11 Å². The van der Waals surface area contributed by atoms with Gasteiger partial charge in [0.15, 0.2) is 0 Å². The third-order valence-electron chi connectivity index (χ3n) is 4.60. The molecule has 4 heteroatoms. The largest absolute Gasteiger partial charge is 0.390 e. The topological polar surface area (TPSA) is 35.5 Å². The van der Waals surface area contributed by atoms with E-state index in [0.29, 0.717) is 0 Å². The highest BCUT2D eigenvalue weighted by Gasteiger charge is 2.26. The zero-order valence-electron chi connectivity index (χ0n) is 12.7. The lowest BCUT2D eigenvalue weighted by Gasteiger charge is -2.27. The van der Waals surface area contributed by atoms with Gasteiger partial charge in [0.25, 0.3) is 0 Å². The first-order valence-corrected chi connectivity index (χ1v) is 8.82. The van der Waals surface area contributed by atoms with Crippen LogP contribution in [0.5, 0.6) is 0 Å². The summed E-state index contributed by atoms with van der Waals surface area (Å²) in [5.74, 6) is 0. The molecule has 1 unspecified atom stereocenters.